The van der Waals surface area contributed by atoms with Crippen LogP contribution in [-0.2, 0) is 4.79 Å². The maximum atomic E-state index is 10.6. The molecule has 0 spiro atoms. The van der Waals surface area contributed by atoms with Crippen LogP contribution in [0.2, 0.25) is 0 Å². The maximum absolute atomic E-state index is 10.6. The number of hydrogen-bond acceptors (Lipinski definition) is 4. The number of methoxy groups -OCH3 is 1. The van der Waals surface area contributed by atoms with Crippen LogP contribution in [-0.4, -0.2) is 48.7 Å². The molecule has 25 heavy (non-hydrogen) atoms. The maximum Gasteiger partial charge on any atom is 0.490 e. The first-order valence-corrected chi connectivity index (χ1v) is 7.03. The molecule has 138 valence electrons. The Morgan fingerprint density at radius 1 is 1.28 bits per heavy atom. The number of carboxylic acids is 1. The third kappa shape index (κ3) is 6.71. The Labute approximate surface area is 141 Å². The highest BCUT2D eigenvalue weighted by molar-refractivity contribution is 5.86. The molecule has 0 saturated carbocycles. The molecule has 0 atom stereocenters. The summed E-state index contributed by atoms with van der Waals surface area (Å²) in [6.45, 7) is 1.83. The van der Waals surface area contributed by atoms with Crippen molar-refractivity contribution in [2.45, 2.75) is 12.6 Å². The fraction of sp³-hybridized carbons (Fsp3) is 0.333. The standard InChI is InChI=1S/C13H16N2O3.C2HF3O2/c1-18-12-8-10(9-4-6-14-7-5-9)2-3-11(12)15-13(16)17;3-2(4,5)1(6)7/h2-4,8,14-15H,5-7H2,1H3,(H,16,17);(H,6,7). The van der Waals surface area contributed by atoms with Crippen molar-refractivity contribution in [2.24, 2.45) is 0 Å². The van der Waals surface area contributed by atoms with Crippen LogP contribution in [0.5, 0.6) is 5.75 Å². The molecule has 1 aromatic carbocycles. The van der Waals surface area contributed by atoms with Crippen LogP contribution in [0.4, 0.5) is 23.7 Å². The summed E-state index contributed by atoms with van der Waals surface area (Å²) in [5, 5.41) is 21.4. The molecule has 1 amide bonds. The number of carbonyl (C=O) groups is 2. The number of halogens is 3. The highest BCUT2D eigenvalue weighted by atomic mass is 19.4. The molecule has 0 radical (unpaired) electrons. The van der Waals surface area contributed by atoms with Crippen LogP contribution in [0, 0.1) is 0 Å². The van der Waals surface area contributed by atoms with Gasteiger partial charge in [0.1, 0.15) is 5.75 Å². The van der Waals surface area contributed by atoms with E-state index in [1.165, 1.54) is 12.7 Å². The van der Waals surface area contributed by atoms with Gasteiger partial charge >= 0.3 is 18.2 Å². The van der Waals surface area contributed by atoms with Gasteiger partial charge in [-0.15, -0.1) is 0 Å². The first-order chi connectivity index (χ1) is 11.6. The lowest BCUT2D eigenvalue weighted by Crippen LogP contribution is -2.21. The molecule has 1 heterocycles. The third-order valence-corrected chi connectivity index (χ3v) is 3.12. The largest absolute Gasteiger partial charge is 0.495 e. The van der Waals surface area contributed by atoms with Crippen LogP contribution >= 0.6 is 0 Å². The summed E-state index contributed by atoms with van der Waals surface area (Å²) in [4.78, 5) is 19.5. The van der Waals surface area contributed by atoms with Crippen LogP contribution in [0.15, 0.2) is 24.3 Å². The smallest absolute Gasteiger partial charge is 0.490 e. The number of anilines is 1. The molecule has 0 saturated heterocycles. The molecule has 1 aromatic rings. The second-order valence-electron chi connectivity index (χ2n) is 4.83. The summed E-state index contributed by atoms with van der Waals surface area (Å²) in [6, 6.07) is 5.50. The zero-order valence-electron chi connectivity index (χ0n) is 13.2. The van der Waals surface area contributed by atoms with Crippen molar-refractivity contribution in [1.82, 2.24) is 5.32 Å². The number of amides is 1. The highest BCUT2D eigenvalue weighted by Crippen LogP contribution is 2.30. The van der Waals surface area contributed by atoms with Crippen molar-refractivity contribution < 1.29 is 37.7 Å². The number of rotatable bonds is 3. The van der Waals surface area contributed by atoms with Crippen molar-refractivity contribution in [2.75, 3.05) is 25.5 Å². The van der Waals surface area contributed by atoms with Crippen molar-refractivity contribution in [3.63, 3.8) is 0 Å². The molecule has 1 aliphatic heterocycles. The Kier molecular flexibility index (Phi) is 7.24. The summed E-state index contributed by atoms with van der Waals surface area (Å²) in [5.41, 5.74) is 2.79. The second kappa shape index (κ2) is 8.92. The molecular formula is C15H17F3N2O5. The van der Waals surface area contributed by atoms with Gasteiger partial charge in [-0.05, 0) is 36.2 Å². The lowest BCUT2D eigenvalue weighted by Gasteiger charge is -2.16. The molecule has 0 aromatic heterocycles. The zero-order valence-corrected chi connectivity index (χ0v) is 13.2. The van der Waals surface area contributed by atoms with Crippen LogP contribution in [0.1, 0.15) is 12.0 Å². The van der Waals surface area contributed by atoms with Gasteiger partial charge in [0.15, 0.2) is 0 Å². The van der Waals surface area contributed by atoms with Crippen molar-refractivity contribution in [3.8, 4) is 5.75 Å². The molecule has 1 aliphatic rings. The minimum absolute atomic E-state index is 0.461. The Morgan fingerprint density at radius 3 is 2.36 bits per heavy atom. The lowest BCUT2D eigenvalue weighted by molar-refractivity contribution is -0.192. The number of aliphatic carboxylic acids is 1. The number of hydrogen-bond donors (Lipinski definition) is 4. The topological polar surface area (TPSA) is 108 Å². The highest BCUT2D eigenvalue weighted by Gasteiger charge is 2.38. The molecule has 0 fully saturated rings. The fourth-order valence-electron chi connectivity index (χ4n) is 1.99. The molecule has 0 unspecified atom stereocenters. The van der Waals surface area contributed by atoms with E-state index < -0.39 is 18.2 Å². The summed E-state index contributed by atoms with van der Waals surface area (Å²) >= 11 is 0. The van der Waals surface area contributed by atoms with E-state index in [1.807, 2.05) is 12.1 Å². The molecule has 0 bridgehead atoms. The zero-order chi connectivity index (χ0) is 19.0. The molecule has 4 N–H and O–H groups in total. The van der Waals surface area contributed by atoms with Crippen LogP contribution in [0.3, 0.4) is 0 Å². The van der Waals surface area contributed by atoms with E-state index in [9.17, 15) is 18.0 Å². The quantitative estimate of drug-likeness (QED) is 0.659. The Hall–Kier alpha value is -2.75. The van der Waals surface area contributed by atoms with E-state index in [2.05, 4.69) is 16.7 Å². The Morgan fingerprint density at radius 2 is 1.92 bits per heavy atom. The SMILES string of the molecule is COc1cc(C2=CCNCC2)ccc1NC(=O)O.O=C(O)C(F)(F)F. The Bertz CT molecular complexity index is 659. The summed E-state index contributed by atoms with van der Waals surface area (Å²) < 4.78 is 36.9. The average molecular weight is 362 g/mol. The third-order valence-electron chi connectivity index (χ3n) is 3.12. The predicted molar refractivity (Wildman–Crippen MR) is 83.8 cm³/mol. The number of carboxylic acid groups (broad SMARTS) is 2. The fourth-order valence-corrected chi connectivity index (χ4v) is 1.99. The molecule has 2 rings (SSSR count). The van der Waals surface area contributed by atoms with Gasteiger partial charge in [0.2, 0.25) is 0 Å². The van der Waals surface area contributed by atoms with Gasteiger partial charge < -0.3 is 20.3 Å². The monoisotopic (exact) mass is 362 g/mol. The van der Waals surface area contributed by atoms with E-state index in [0.717, 1.165) is 25.1 Å². The van der Waals surface area contributed by atoms with E-state index >= 15 is 0 Å². The van der Waals surface area contributed by atoms with Gasteiger partial charge in [0, 0.05) is 6.54 Å². The first kappa shape index (κ1) is 20.3. The predicted octanol–water partition coefficient (Wildman–Crippen LogP) is 2.80. The normalized spacial score (nSPS) is 13.8. The lowest BCUT2D eigenvalue weighted by atomic mass is 9.99. The number of alkyl halides is 3. The average Bonchev–Trinajstić information content (AvgIpc) is 2.55. The summed E-state index contributed by atoms with van der Waals surface area (Å²) in [7, 11) is 1.53. The molecule has 7 nitrogen and oxygen atoms in total. The summed E-state index contributed by atoms with van der Waals surface area (Å²) in [6.07, 6.45) is -3.07. The van der Waals surface area contributed by atoms with E-state index in [1.54, 1.807) is 6.07 Å². The van der Waals surface area contributed by atoms with Crippen LogP contribution < -0.4 is 15.4 Å². The van der Waals surface area contributed by atoms with Crippen LogP contribution in [0.25, 0.3) is 5.57 Å². The molecule has 10 heteroatoms. The van der Waals surface area contributed by atoms with Crippen molar-refractivity contribution >= 4 is 23.3 Å². The van der Waals surface area contributed by atoms with Gasteiger partial charge in [-0.2, -0.15) is 13.2 Å². The minimum Gasteiger partial charge on any atom is -0.495 e. The van der Waals surface area contributed by atoms with Gasteiger partial charge in [-0.3, -0.25) is 5.32 Å². The van der Waals surface area contributed by atoms with E-state index in [-0.39, 0.29) is 0 Å². The molecular weight excluding hydrogens is 345 g/mol. The van der Waals surface area contributed by atoms with Gasteiger partial charge in [0.05, 0.1) is 12.8 Å². The van der Waals surface area contributed by atoms with Gasteiger partial charge in [-0.25, -0.2) is 9.59 Å². The van der Waals surface area contributed by atoms with E-state index in [0.29, 0.717) is 11.4 Å². The van der Waals surface area contributed by atoms with Crippen molar-refractivity contribution in [3.05, 3.63) is 29.8 Å². The first-order valence-electron chi connectivity index (χ1n) is 7.03. The number of benzene rings is 1. The number of ether oxygens (including phenoxy) is 1. The second-order valence-corrected chi connectivity index (χ2v) is 4.83. The van der Waals surface area contributed by atoms with E-state index in [4.69, 9.17) is 19.7 Å². The van der Waals surface area contributed by atoms with Crippen molar-refractivity contribution in [1.29, 1.82) is 0 Å². The van der Waals surface area contributed by atoms with Gasteiger partial charge in [-0.1, -0.05) is 12.1 Å². The summed E-state index contributed by atoms with van der Waals surface area (Å²) in [5.74, 6) is -2.22. The number of nitrogens with one attached hydrogen (secondary N) is 2. The molecule has 0 aliphatic carbocycles. The Balaban J connectivity index is 0.000000381. The minimum atomic E-state index is -5.08. The van der Waals surface area contributed by atoms with Gasteiger partial charge in [0.25, 0.3) is 0 Å².